The fraction of sp³-hybridized carbons (Fsp3) is 0.556. The summed E-state index contributed by atoms with van der Waals surface area (Å²) in [7, 11) is 0. The summed E-state index contributed by atoms with van der Waals surface area (Å²) in [6, 6.07) is 7.63. The lowest BCUT2D eigenvalue weighted by molar-refractivity contribution is -0.157. The van der Waals surface area contributed by atoms with Crippen molar-refractivity contribution in [1.29, 1.82) is 0 Å². The zero-order chi connectivity index (χ0) is 16.8. The molecule has 1 amide bonds. The first kappa shape index (κ1) is 16.5. The van der Waals surface area contributed by atoms with E-state index in [0.29, 0.717) is 12.8 Å². The maximum absolute atomic E-state index is 12.8. The van der Waals surface area contributed by atoms with Crippen molar-refractivity contribution < 1.29 is 14.7 Å². The molecular formula is C18H25NO3. The summed E-state index contributed by atoms with van der Waals surface area (Å²) in [5.74, 6) is -0.935. The molecule has 0 aromatic heterocycles. The van der Waals surface area contributed by atoms with Crippen molar-refractivity contribution in [1.82, 2.24) is 0 Å². The van der Waals surface area contributed by atoms with Crippen molar-refractivity contribution in [3.63, 3.8) is 0 Å². The molecule has 4 heteroatoms. The fourth-order valence-corrected chi connectivity index (χ4v) is 3.41. The predicted molar refractivity (Wildman–Crippen MR) is 86.7 cm³/mol. The number of hydrogen-bond acceptors (Lipinski definition) is 2. The number of carboxylic acid groups (broad SMARTS) is 1. The van der Waals surface area contributed by atoms with Crippen LogP contribution in [0.5, 0.6) is 0 Å². The number of carboxylic acids is 1. The molecule has 1 aromatic rings. The van der Waals surface area contributed by atoms with E-state index >= 15 is 0 Å². The predicted octanol–water partition coefficient (Wildman–Crippen LogP) is 3.85. The molecule has 22 heavy (non-hydrogen) atoms. The first-order chi connectivity index (χ1) is 10.0. The second-order valence-electron chi connectivity index (χ2n) is 7.41. The number of aryl methyl sites for hydroxylation is 1. The van der Waals surface area contributed by atoms with Gasteiger partial charge < -0.3 is 10.4 Å². The van der Waals surface area contributed by atoms with Gasteiger partial charge in [0.2, 0.25) is 5.91 Å². The van der Waals surface area contributed by atoms with E-state index in [9.17, 15) is 14.7 Å². The Balaban J connectivity index is 2.29. The Kier molecular flexibility index (Phi) is 3.84. The second kappa shape index (κ2) is 5.11. The molecule has 1 aliphatic rings. The van der Waals surface area contributed by atoms with E-state index in [4.69, 9.17) is 0 Å². The summed E-state index contributed by atoms with van der Waals surface area (Å²) >= 11 is 0. The molecule has 1 fully saturated rings. The van der Waals surface area contributed by atoms with Crippen LogP contribution < -0.4 is 5.32 Å². The summed E-state index contributed by atoms with van der Waals surface area (Å²) in [6.07, 6.45) is 1.08. The fourth-order valence-electron chi connectivity index (χ4n) is 3.41. The van der Waals surface area contributed by atoms with Gasteiger partial charge in [-0.05, 0) is 44.2 Å². The third-order valence-corrected chi connectivity index (χ3v) is 6.17. The first-order valence-corrected chi connectivity index (χ1v) is 7.66. The minimum absolute atomic E-state index is 0.105. The molecule has 120 valence electrons. The van der Waals surface area contributed by atoms with E-state index < -0.39 is 22.2 Å². The Morgan fingerprint density at radius 2 is 1.50 bits per heavy atom. The highest BCUT2D eigenvalue weighted by Gasteiger charge is 2.64. The number of aliphatic carboxylic acids is 1. The number of carbonyl (C=O) groups excluding carboxylic acids is 1. The summed E-state index contributed by atoms with van der Waals surface area (Å²) in [6.45, 7) is 9.40. The molecule has 2 unspecified atom stereocenters. The van der Waals surface area contributed by atoms with Crippen molar-refractivity contribution in [2.75, 3.05) is 5.32 Å². The Labute approximate surface area is 131 Å². The van der Waals surface area contributed by atoms with Gasteiger partial charge in [-0.25, -0.2) is 0 Å². The van der Waals surface area contributed by atoms with Gasteiger partial charge in [-0.15, -0.1) is 0 Å². The van der Waals surface area contributed by atoms with Crippen LogP contribution in [0.15, 0.2) is 24.3 Å². The topological polar surface area (TPSA) is 66.4 Å². The average molecular weight is 303 g/mol. The molecule has 0 spiro atoms. The summed E-state index contributed by atoms with van der Waals surface area (Å²) in [4.78, 5) is 24.6. The SMILES string of the molecule is Cc1ccc(NC(=O)C2(C)CCC(C)(C(=O)O)C2(C)C)cc1. The summed E-state index contributed by atoms with van der Waals surface area (Å²) in [5.41, 5.74) is -0.377. The Hall–Kier alpha value is -1.84. The van der Waals surface area contributed by atoms with Gasteiger partial charge in [0.05, 0.1) is 10.8 Å². The van der Waals surface area contributed by atoms with E-state index in [2.05, 4.69) is 5.32 Å². The molecule has 0 aliphatic heterocycles. The van der Waals surface area contributed by atoms with Crippen LogP contribution in [0.2, 0.25) is 0 Å². The molecule has 0 saturated heterocycles. The van der Waals surface area contributed by atoms with Crippen LogP contribution in [0, 0.1) is 23.2 Å². The van der Waals surface area contributed by atoms with Crippen LogP contribution in [0.3, 0.4) is 0 Å². The van der Waals surface area contributed by atoms with E-state index in [1.165, 1.54) is 0 Å². The normalized spacial score (nSPS) is 30.0. The average Bonchev–Trinajstić information content (AvgIpc) is 2.64. The number of nitrogens with one attached hydrogen (secondary N) is 1. The molecule has 0 heterocycles. The molecule has 2 rings (SSSR count). The van der Waals surface area contributed by atoms with Crippen molar-refractivity contribution in [2.45, 2.75) is 47.5 Å². The monoisotopic (exact) mass is 303 g/mol. The highest BCUT2D eigenvalue weighted by Crippen LogP contribution is 2.62. The maximum atomic E-state index is 12.8. The van der Waals surface area contributed by atoms with E-state index in [1.54, 1.807) is 6.92 Å². The van der Waals surface area contributed by atoms with Gasteiger partial charge in [0.15, 0.2) is 0 Å². The van der Waals surface area contributed by atoms with Gasteiger partial charge in [-0.1, -0.05) is 38.5 Å². The van der Waals surface area contributed by atoms with Crippen LogP contribution in [0.25, 0.3) is 0 Å². The van der Waals surface area contributed by atoms with Crippen molar-refractivity contribution in [3.05, 3.63) is 29.8 Å². The van der Waals surface area contributed by atoms with Crippen LogP contribution in [0.1, 0.15) is 46.1 Å². The van der Waals surface area contributed by atoms with Crippen molar-refractivity contribution in [2.24, 2.45) is 16.2 Å². The van der Waals surface area contributed by atoms with Gasteiger partial charge in [0, 0.05) is 5.69 Å². The molecule has 2 atom stereocenters. The lowest BCUT2D eigenvalue weighted by atomic mass is 9.59. The zero-order valence-electron chi connectivity index (χ0n) is 14.0. The number of rotatable bonds is 3. The molecule has 1 aromatic carbocycles. The van der Waals surface area contributed by atoms with E-state index in [1.807, 2.05) is 52.0 Å². The summed E-state index contributed by atoms with van der Waals surface area (Å²) < 4.78 is 0. The lowest BCUT2D eigenvalue weighted by Gasteiger charge is -2.44. The third kappa shape index (κ3) is 2.21. The maximum Gasteiger partial charge on any atom is 0.309 e. The molecule has 0 bridgehead atoms. The second-order valence-corrected chi connectivity index (χ2v) is 7.41. The van der Waals surface area contributed by atoms with Gasteiger partial charge in [-0.2, -0.15) is 0 Å². The summed E-state index contributed by atoms with van der Waals surface area (Å²) in [5, 5.41) is 12.6. The standard InChI is InChI=1S/C18H25NO3/c1-12-6-8-13(9-7-12)19-14(20)17(4)10-11-18(5,15(21)22)16(17,2)3/h6-9H,10-11H2,1-5H3,(H,19,20)(H,21,22). The van der Waals surface area contributed by atoms with Crippen molar-refractivity contribution in [3.8, 4) is 0 Å². The Morgan fingerprint density at radius 1 is 1.00 bits per heavy atom. The smallest absolute Gasteiger partial charge is 0.309 e. The Bertz CT molecular complexity index is 605. The van der Waals surface area contributed by atoms with Gasteiger partial charge in [0.25, 0.3) is 0 Å². The molecule has 4 nitrogen and oxygen atoms in total. The minimum atomic E-state index is -0.896. The number of carbonyl (C=O) groups is 2. The van der Waals surface area contributed by atoms with Gasteiger partial charge in [0.1, 0.15) is 0 Å². The highest BCUT2D eigenvalue weighted by molar-refractivity contribution is 5.97. The van der Waals surface area contributed by atoms with E-state index in [-0.39, 0.29) is 5.91 Å². The number of amides is 1. The number of anilines is 1. The largest absolute Gasteiger partial charge is 0.481 e. The first-order valence-electron chi connectivity index (χ1n) is 7.66. The van der Waals surface area contributed by atoms with E-state index in [0.717, 1.165) is 11.3 Å². The van der Waals surface area contributed by atoms with Crippen LogP contribution in [-0.2, 0) is 9.59 Å². The zero-order valence-corrected chi connectivity index (χ0v) is 14.0. The van der Waals surface area contributed by atoms with Crippen LogP contribution in [-0.4, -0.2) is 17.0 Å². The lowest BCUT2D eigenvalue weighted by Crippen LogP contribution is -2.49. The Morgan fingerprint density at radius 3 is 1.95 bits per heavy atom. The number of benzene rings is 1. The molecule has 1 aliphatic carbocycles. The molecule has 1 saturated carbocycles. The van der Waals surface area contributed by atoms with Crippen molar-refractivity contribution >= 4 is 17.6 Å². The minimum Gasteiger partial charge on any atom is -0.481 e. The van der Waals surface area contributed by atoms with Gasteiger partial charge in [-0.3, -0.25) is 9.59 Å². The van der Waals surface area contributed by atoms with Crippen LogP contribution in [0.4, 0.5) is 5.69 Å². The third-order valence-electron chi connectivity index (χ3n) is 6.17. The quantitative estimate of drug-likeness (QED) is 0.891. The molecule has 2 N–H and O–H groups in total. The molecule has 0 radical (unpaired) electrons. The van der Waals surface area contributed by atoms with Crippen LogP contribution >= 0.6 is 0 Å². The highest BCUT2D eigenvalue weighted by atomic mass is 16.4. The molecular weight excluding hydrogens is 278 g/mol. The van der Waals surface area contributed by atoms with Gasteiger partial charge >= 0.3 is 5.97 Å². The number of hydrogen-bond donors (Lipinski definition) is 2.